The van der Waals surface area contributed by atoms with Gasteiger partial charge in [0, 0.05) is 24.2 Å². The Morgan fingerprint density at radius 2 is 1.74 bits per heavy atom. The average Bonchev–Trinajstić information content (AvgIpc) is 2.44. The predicted molar refractivity (Wildman–Crippen MR) is 68.7 cm³/mol. The third-order valence-electron chi connectivity index (χ3n) is 2.79. The van der Waals surface area contributed by atoms with Gasteiger partial charge in [-0.2, -0.15) is 0 Å². The lowest BCUT2D eigenvalue weighted by Gasteiger charge is -2.06. The summed E-state index contributed by atoms with van der Waals surface area (Å²) in [5.74, 6) is -1.65. The van der Waals surface area contributed by atoms with Crippen molar-refractivity contribution in [1.29, 1.82) is 0 Å². The van der Waals surface area contributed by atoms with E-state index in [1.165, 1.54) is 6.07 Å². The largest absolute Gasteiger partial charge is 0.309 e. The molecule has 0 saturated heterocycles. The standard InChI is InChI=1S/C15H13F2NO/c16-14-3-1-2-13(15(14)17)9-18-8-11-4-6-12(10-19)7-5-11/h1-7,10,18H,8-9H2. The second kappa shape index (κ2) is 6.20. The summed E-state index contributed by atoms with van der Waals surface area (Å²) in [4.78, 5) is 10.5. The molecule has 2 aromatic rings. The van der Waals surface area contributed by atoms with Crippen molar-refractivity contribution < 1.29 is 13.6 Å². The number of aldehydes is 1. The first-order valence-electron chi connectivity index (χ1n) is 5.88. The fourth-order valence-corrected chi connectivity index (χ4v) is 1.74. The molecule has 98 valence electrons. The molecule has 0 amide bonds. The van der Waals surface area contributed by atoms with Gasteiger partial charge in [-0.05, 0) is 11.6 Å². The van der Waals surface area contributed by atoms with Crippen LogP contribution in [0, 0.1) is 11.6 Å². The van der Waals surface area contributed by atoms with Crippen LogP contribution in [0.25, 0.3) is 0 Å². The zero-order valence-corrected chi connectivity index (χ0v) is 10.2. The first-order valence-corrected chi connectivity index (χ1v) is 5.88. The minimum absolute atomic E-state index is 0.249. The Balaban J connectivity index is 1.92. The van der Waals surface area contributed by atoms with E-state index >= 15 is 0 Å². The van der Waals surface area contributed by atoms with E-state index in [2.05, 4.69) is 5.32 Å². The van der Waals surface area contributed by atoms with Gasteiger partial charge in [0.1, 0.15) is 6.29 Å². The van der Waals surface area contributed by atoms with Crippen molar-refractivity contribution in [2.45, 2.75) is 13.1 Å². The van der Waals surface area contributed by atoms with Gasteiger partial charge >= 0.3 is 0 Å². The number of hydrogen-bond acceptors (Lipinski definition) is 2. The molecule has 2 rings (SSSR count). The molecule has 0 radical (unpaired) electrons. The van der Waals surface area contributed by atoms with E-state index in [4.69, 9.17) is 0 Å². The second-order valence-corrected chi connectivity index (χ2v) is 4.18. The van der Waals surface area contributed by atoms with Gasteiger partial charge in [-0.25, -0.2) is 8.78 Å². The molecule has 0 fully saturated rings. The summed E-state index contributed by atoms with van der Waals surface area (Å²) >= 11 is 0. The number of carbonyl (C=O) groups is 1. The summed E-state index contributed by atoms with van der Waals surface area (Å²) in [6, 6.07) is 11.2. The van der Waals surface area contributed by atoms with E-state index in [9.17, 15) is 13.6 Å². The Kier molecular flexibility index (Phi) is 4.36. The molecule has 0 aliphatic rings. The van der Waals surface area contributed by atoms with Gasteiger partial charge < -0.3 is 5.32 Å². The fourth-order valence-electron chi connectivity index (χ4n) is 1.74. The summed E-state index contributed by atoms with van der Waals surface area (Å²) < 4.78 is 26.3. The minimum atomic E-state index is -0.838. The lowest BCUT2D eigenvalue weighted by atomic mass is 10.1. The molecular formula is C15H13F2NO. The van der Waals surface area contributed by atoms with Gasteiger partial charge in [-0.15, -0.1) is 0 Å². The zero-order chi connectivity index (χ0) is 13.7. The van der Waals surface area contributed by atoms with Gasteiger partial charge in [0.25, 0.3) is 0 Å². The van der Waals surface area contributed by atoms with Crippen LogP contribution < -0.4 is 5.32 Å². The Hall–Kier alpha value is -2.07. The van der Waals surface area contributed by atoms with Crippen LogP contribution in [0.1, 0.15) is 21.5 Å². The Labute approximate surface area is 110 Å². The van der Waals surface area contributed by atoms with Crippen molar-refractivity contribution in [3.8, 4) is 0 Å². The lowest BCUT2D eigenvalue weighted by molar-refractivity contribution is 0.112. The molecule has 0 aliphatic carbocycles. The molecule has 2 nitrogen and oxygen atoms in total. The van der Waals surface area contributed by atoms with Crippen LogP contribution in [0.15, 0.2) is 42.5 Å². The van der Waals surface area contributed by atoms with Gasteiger partial charge in [0.05, 0.1) is 0 Å². The molecule has 0 atom stereocenters. The highest BCUT2D eigenvalue weighted by Crippen LogP contribution is 2.11. The predicted octanol–water partition coefficient (Wildman–Crippen LogP) is 3.07. The molecule has 4 heteroatoms. The Morgan fingerprint density at radius 3 is 2.42 bits per heavy atom. The summed E-state index contributed by atoms with van der Waals surface area (Å²) in [5, 5.41) is 3.03. The summed E-state index contributed by atoms with van der Waals surface area (Å²) in [7, 11) is 0. The second-order valence-electron chi connectivity index (χ2n) is 4.18. The fraction of sp³-hybridized carbons (Fsp3) is 0.133. The van der Waals surface area contributed by atoms with E-state index in [1.807, 2.05) is 12.1 Å². The third-order valence-corrected chi connectivity index (χ3v) is 2.79. The maximum atomic E-state index is 13.4. The van der Waals surface area contributed by atoms with E-state index in [0.717, 1.165) is 17.9 Å². The summed E-state index contributed by atoms with van der Waals surface area (Å²) in [6.07, 6.45) is 0.777. The molecule has 0 heterocycles. The topological polar surface area (TPSA) is 29.1 Å². The molecule has 0 aromatic heterocycles. The quantitative estimate of drug-likeness (QED) is 0.838. The van der Waals surface area contributed by atoms with E-state index in [1.54, 1.807) is 18.2 Å². The van der Waals surface area contributed by atoms with Crippen LogP contribution in [-0.4, -0.2) is 6.29 Å². The Bertz CT molecular complexity index is 567. The molecule has 0 unspecified atom stereocenters. The van der Waals surface area contributed by atoms with Crippen LogP contribution in [0.3, 0.4) is 0 Å². The van der Waals surface area contributed by atoms with Crippen molar-refractivity contribution in [1.82, 2.24) is 5.32 Å². The number of halogens is 2. The molecule has 0 bridgehead atoms. The van der Waals surface area contributed by atoms with Gasteiger partial charge in [-0.3, -0.25) is 4.79 Å². The molecule has 1 N–H and O–H groups in total. The number of carbonyl (C=O) groups excluding carboxylic acids is 1. The van der Waals surface area contributed by atoms with Gasteiger partial charge in [-0.1, -0.05) is 36.4 Å². The van der Waals surface area contributed by atoms with Crippen molar-refractivity contribution in [2.24, 2.45) is 0 Å². The molecular weight excluding hydrogens is 248 g/mol. The van der Waals surface area contributed by atoms with Crippen molar-refractivity contribution in [3.05, 3.63) is 70.8 Å². The Morgan fingerprint density at radius 1 is 1.00 bits per heavy atom. The number of hydrogen-bond donors (Lipinski definition) is 1. The van der Waals surface area contributed by atoms with Crippen molar-refractivity contribution in [2.75, 3.05) is 0 Å². The highest BCUT2D eigenvalue weighted by atomic mass is 19.2. The van der Waals surface area contributed by atoms with Crippen LogP contribution in [-0.2, 0) is 13.1 Å². The highest BCUT2D eigenvalue weighted by molar-refractivity contribution is 5.74. The van der Waals surface area contributed by atoms with Crippen LogP contribution >= 0.6 is 0 Å². The van der Waals surface area contributed by atoms with E-state index < -0.39 is 11.6 Å². The third kappa shape index (κ3) is 3.45. The molecule has 19 heavy (non-hydrogen) atoms. The smallest absolute Gasteiger partial charge is 0.163 e. The van der Waals surface area contributed by atoms with Gasteiger partial charge in [0.15, 0.2) is 11.6 Å². The molecule has 2 aromatic carbocycles. The molecule has 0 aliphatic heterocycles. The minimum Gasteiger partial charge on any atom is -0.309 e. The van der Waals surface area contributed by atoms with Crippen LogP contribution in [0.5, 0.6) is 0 Å². The van der Waals surface area contributed by atoms with E-state index in [-0.39, 0.29) is 6.54 Å². The number of rotatable bonds is 5. The molecule has 0 saturated carbocycles. The summed E-state index contributed by atoms with van der Waals surface area (Å²) in [6.45, 7) is 0.772. The normalized spacial score (nSPS) is 10.4. The number of benzene rings is 2. The van der Waals surface area contributed by atoms with Crippen LogP contribution in [0.2, 0.25) is 0 Å². The zero-order valence-electron chi connectivity index (χ0n) is 10.2. The lowest BCUT2D eigenvalue weighted by Crippen LogP contribution is -2.14. The summed E-state index contributed by atoms with van der Waals surface area (Å²) in [5.41, 5.74) is 1.88. The maximum absolute atomic E-state index is 13.4. The maximum Gasteiger partial charge on any atom is 0.163 e. The first-order chi connectivity index (χ1) is 9.20. The highest BCUT2D eigenvalue weighted by Gasteiger charge is 2.06. The van der Waals surface area contributed by atoms with Crippen molar-refractivity contribution in [3.63, 3.8) is 0 Å². The monoisotopic (exact) mass is 261 g/mol. The SMILES string of the molecule is O=Cc1ccc(CNCc2cccc(F)c2F)cc1. The van der Waals surface area contributed by atoms with E-state index in [0.29, 0.717) is 17.7 Å². The number of nitrogens with one attached hydrogen (secondary N) is 1. The van der Waals surface area contributed by atoms with Gasteiger partial charge in [0.2, 0.25) is 0 Å². The van der Waals surface area contributed by atoms with Crippen molar-refractivity contribution >= 4 is 6.29 Å². The molecule has 0 spiro atoms. The first kappa shape index (κ1) is 13.4. The average molecular weight is 261 g/mol. The van der Waals surface area contributed by atoms with Crippen LogP contribution in [0.4, 0.5) is 8.78 Å².